The van der Waals surface area contributed by atoms with E-state index in [-0.39, 0.29) is 10.6 Å². The van der Waals surface area contributed by atoms with E-state index in [2.05, 4.69) is 4.72 Å². The lowest BCUT2D eigenvalue weighted by Crippen LogP contribution is -2.29. The summed E-state index contributed by atoms with van der Waals surface area (Å²) in [7, 11) is -2.39. The van der Waals surface area contributed by atoms with Crippen LogP contribution in [0.2, 0.25) is 0 Å². The van der Waals surface area contributed by atoms with Gasteiger partial charge in [0.2, 0.25) is 0 Å². The number of sulfonamides is 1. The van der Waals surface area contributed by atoms with Gasteiger partial charge >= 0.3 is 5.97 Å². The first-order chi connectivity index (χ1) is 13.4. The van der Waals surface area contributed by atoms with Gasteiger partial charge in [-0.25, -0.2) is 13.2 Å². The number of methoxy groups -OCH3 is 1. The summed E-state index contributed by atoms with van der Waals surface area (Å²) in [5.41, 5.74) is 2.19. The largest absolute Gasteiger partial charge is 0.497 e. The minimum Gasteiger partial charge on any atom is -0.497 e. The van der Waals surface area contributed by atoms with Crippen LogP contribution in [-0.2, 0) is 14.8 Å². The van der Waals surface area contributed by atoms with E-state index in [1.165, 1.54) is 12.1 Å². The van der Waals surface area contributed by atoms with Crippen molar-refractivity contribution in [3.63, 3.8) is 0 Å². The molecule has 8 heteroatoms. The molecule has 1 aliphatic heterocycles. The van der Waals surface area contributed by atoms with Gasteiger partial charge in [0, 0.05) is 0 Å². The Morgan fingerprint density at radius 3 is 2.04 bits per heavy atom. The quantitative estimate of drug-likeness (QED) is 0.696. The van der Waals surface area contributed by atoms with Crippen molar-refractivity contribution in [2.24, 2.45) is 0 Å². The van der Waals surface area contributed by atoms with Crippen LogP contribution in [0.3, 0.4) is 0 Å². The Hall–Kier alpha value is -2.45. The van der Waals surface area contributed by atoms with Gasteiger partial charge in [0.15, 0.2) is 0 Å². The van der Waals surface area contributed by atoms with Crippen molar-refractivity contribution >= 4 is 27.8 Å². The van der Waals surface area contributed by atoms with Crippen molar-refractivity contribution in [1.29, 1.82) is 0 Å². The van der Waals surface area contributed by atoms with Gasteiger partial charge in [0.25, 0.3) is 10.0 Å². The summed E-state index contributed by atoms with van der Waals surface area (Å²) in [6.45, 7) is 0. The molecular weight excluding hydrogens is 398 g/mol. The fraction of sp³-hybridized carbons (Fsp3) is 0.250. The fourth-order valence-electron chi connectivity index (χ4n) is 2.94. The molecule has 0 radical (unpaired) electrons. The van der Waals surface area contributed by atoms with Gasteiger partial charge in [-0.2, -0.15) is 11.8 Å². The summed E-state index contributed by atoms with van der Waals surface area (Å²) in [5.74, 6) is 1.08. The van der Waals surface area contributed by atoms with E-state index >= 15 is 0 Å². The van der Waals surface area contributed by atoms with Crippen LogP contribution in [0.5, 0.6) is 5.75 Å². The van der Waals surface area contributed by atoms with Gasteiger partial charge < -0.3 is 9.84 Å². The van der Waals surface area contributed by atoms with Crippen molar-refractivity contribution in [3.05, 3.63) is 59.8 Å². The average Bonchev–Trinajstić information content (AvgIpc) is 2.73. The Balaban J connectivity index is 1.84. The maximum atomic E-state index is 12.7. The third-order valence-electron chi connectivity index (χ3n) is 4.49. The minimum atomic E-state index is -3.98. The average molecular weight is 420 g/mol. The minimum absolute atomic E-state index is 0.0225. The molecule has 0 amide bonds. The first-order valence-corrected chi connectivity index (χ1v) is 11.3. The van der Waals surface area contributed by atoms with Gasteiger partial charge in [-0.1, -0.05) is 24.3 Å². The first kappa shape index (κ1) is 20.3. The molecule has 28 heavy (non-hydrogen) atoms. The van der Waals surface area contributed by atoms with Crippen molar-refractivity contribution in [1.82, 2.24) is 4.72 Å². The number of carboxylic acid groups (broad SMARTS) is 1. The van der Waals surface area contributed by atoms with Crippen LogP contribution in [0, 0.1) is 0 Å². The predicted octanol–water partition coefficient (Wildman–Crippen LogP) is 3.51. The second-order valence-corrected chi connectivity index (χ2v) is 9.16. The van der Waals surface area contributed by atoms with E-state index in [0.29, 0.717) is 18.4 Å². The zero-order valence-corrected chi connectivity index (χ0v) is 17.0. The van der Waals surface area contributed by atoms with Gasteiger partial charge in [0.1, 0.15) is 11.4 Å². The van der Waals surface area contributed by atoms with Gasteiger partial charge in [-0.3, -0.25) is 4.72 Å². The molecule has 0 saturated carbocycles. The number of hydrogen-bond acceptors (Lipinski definition) is 5. The Bertz CT molecular complexity index is 972. The van der Waals surface area contributed by atoms with Crippen LogP contribution in [0.25, 0.3) is 11.1 Å². The number of rotatable bonds is 6. The van der Waals surface area contributed by atoms with Gasteiger partial charge in [-0.05, 0) is 65.3 Å². The Labute approximate surface area is 168 Å². The Kier molecular flexibility index (Phi) is 6.31. The zero-order chi connectivity index (χ0) is 20.1. The molecular formula is C20H21NO5S2. The number of carbonyl (C=O) groups is 1. The second-order valence-electron chi connectivity index (χ2n) is 6.25. The summed E-state index contributed by atoms with van der Waals surface area (Å²) in [4.78, 5) is 11.6. The number of hydrogen-bond donors (Lipinski definition) is 2. The lowest BCUT2D eigenvalue weighted by atomic mass is 10.1. The van der Waals surface area contributed by atoms with E-state index in [1.807, 2.05) is 24.3 Å². The number of ether oxygens (including phenoxy) is 1. The number of carboxylic acids is 1. The molecule has 0 aliphatic carbocycles. The number of nitrogens with one attached hydrogen (secondary N) is 1. The van der Waals surface area contributed by atoms with Gasteiger partial charge in [0.05, 0.1) is 12.0 Å². The van der Waals surface area contributed by atoms with Crippen LogP contribution in [0.4, 0.5) is 0 Å². The summed E-state index contributed by atoms with van der Waals surface area (Å²) < 4.78 is 32.8. The summed E-state index contributed by atoms with van der Waals surface area (Å²) >= 11 is 1.73. The molecule has 2 aromatic carbocycles. The normalized spacial score (nSPS) is 14.4. The van der Waals surface area contributed by atoms with Crippen LogP contribution in [-0.4, -0.2) is 38.1 Å². The summed E-state index contributed by atoms with van der Waals surface area (Å²) in [6, 6.07) is 13.8. The number of allylic oxidation sites excluding steroid dienone is 1. The van der Waals surface area contributed by atoms with Crippen molar-refractivity contribution < 1.29 is 23.1 Å². The smallest absolute Gasteiger partial charge is 0.352 e. The molecule has 1 aliphatic rings. The van der Waals surface area contributed by atoms with Crippen molar-refractivity contribution in [3.8, 4) is 16.9 Å². The summed E-state index contributed by atoms with van der Waals surface area (Å²) in [6.07, 6.45) is 1.15. The molecule has 0 aromatic heterocycles. The molecule has 1 heterocycles. The lowest BCUT2D eigenvalue weighted by Gasteiger charge is -2.18. The van der Waals surface area contributed by atoms with Crippen LogP contribution < -0.4 is 9.46 Å². The number of aliphatic carboxylic acids is 1. The van der Waals surface area contributed by atoms with E-state index in [9.17, 15) is 18.3 Å². The predicted molar refractivity (Wildman–Crippen MR) is 110 cm³/mol. The highest BCUT2D eigenvalue weighted by molar-refractivity contribution is 7.99. The monoisotopic (exact) mass is 419 g/mol. The van der Waals surface area contributed by atoms with Crippen LogP contribution in [0.15, 0.2) is 64.7 Å². The van der Waals surface area contributed by atoms with E-state index in [1.54, 1.807) is 31.0 Å². The van der Waals surface area contributed by atoms with Gasteiger partial charge in [-0.15, -0.1) is 0 Å². The highest BCUT2D eigenvalue weighted by Crippen LogP contribution is 2.26. The molecule has 1 fully saturated rings. The number of benzene rings is 2. The summed E-state index contributed by atoms with van der Waals surface area (Å²) in [5, 5.41) is 9.47. The molecule has 148 valence electrons. The maximum Gasteiger partial charge on any atom is 0.352 e. The van der Waals surface area contributed by atoms with Crippen molar-refractivity contribution in [2.75, 3.05) is 18.6 Å². The molecule has 0 unspecified atom stereocenters. The molecule has 0 atom stereocenters. The molecule has 0 bridgehead atoms. The maximum absolute atomic E-state index is 12.7. The highest BCUT2D eigenvalue weighted by atomic mass is 32.2. The topological polar surface area (TPSA) is 92.7 Å². The third kappa shape index (κ3) is 4.69. The Morgan fingerprint density at radius 1 is 1.00 bits per heavy atom. The second kappa shape index (κ2) is 8.70. The van der Waals surface area contributed by atoms with E-state index < -0.39 is 16.0 Å². The third-order valence-corrected chi connectivity index (χ3v) is 6.84. The molecule has 2 N–H and O–H groups in total. The lowest BCUT2D eigenvalue weighted by molar-refractivity contribution is -0.133. The van der Waals surface area contributed by atoms with E-state index in [4.69, 9.17) is 4.74 Å². The molecule has 1 saturated heterocycles. The van der Waals surface area contributed by atoms with E-state index in [0.717, 1.165) is 28.4 Å². The highest BCUT2D eigenvalue weighted by Gasteiger charge is 2.23. The fourth-order valence-corrected chi connectivity index (χ4v) is 5.04. The molecule has 0 spiro atoms. The van der Waals surface area contributed by atoms with Crippen LogP contribution >= 0.6 is 11.8 Å². The zero-order valence-electron chi connectivity index (χ0n) is 15.3. The Morgan fingerprint density at radius 2 is 1.54 bits per heavy atom. The molecule has 2 aromatic rings. The first-order valence-electron chi connectivity index (χ1n) is 8.71. The number of thioether (sulfide) groups is 1. The van der Waals surface area contributed by atoms with Crippen LogP contribution in [0.1, 0.15) is 12.8 Å². The molecule has 6 nitrogen and oxygen atoms in total. The SMILES string of the molecule is COc1ccc(-c2ccc(S(=O)(=O)NC(C(=O)O)=C3CCSCC3)cc2)cc1. The van der Waals surface area contributed by atoms with Crippen molar-refractivity contribution in [2.45, 2.75) is 17.7 Å². The standard InChI is InChI=1S/C20H21NO5S2/c1-26-17-6-2-14(3-7-17)15-4-8-18(9-5-15)28(24,25)21-19(20(22)23)16-10-12-27-13-11-16/h2-9,21H,10-13H2,1H3,(H,22,23). The molecule has 3 rings (SSSR count).